The summed E-state index contributed by atoms with van der Waals surface area (Å²) in [5, 5.41) is 8.87. The summed E-state index contributed by atoms with van der Waals surface area (Å²) in [7, 11) is 0. The van der Waals surface area contributed by atoms with Gasteiger partial charge >= 0.3 is 0 Å². The molecule has 0 radical (unpaired) electrons. The van der Waals surface area contributed by atoms with E-state index in [4.69, 9.17) is 22.7 Å². The quantitative estimate of drug-likeness (QED) is 0.512. The van der Waals surface area contributed by atoms with Gasteiger partial charge in [-0.25, -0.2) is 4.98 Å². The van der Waals surface area contributed by atoms with E-state index in [0.717, 1.165) is 21.9 Å². The number of aromatic nitrogens is 1. The van der Waals surface area contributed by atoms with E-state index in [9.17, 15) is 0 Å². The predicted molar refractivity (Wildman–Crippen MR) is 76.3 cm³/mol. The van der Waals surface area contributed by atoms with E-state index in [-0.39, 0.29) is 5.84 Å². The molecule has 5 heteroatoms. The zero-order valence-corrected chi connectivity index (χ0v) is 11.1. The molecule has 18 heavy (non-hydrogen) atoms. The SMILES string of the molecule is N=C(N)c1cccc(CSc2ncccc2Cl)c1. The number of thioether (sulfide) groups is 1. The Morgan fingerprint density at radius 2 is 2.17 bits per heavy atom. The van der Waals surface area contributed by atoms with Crippen LogP contribution in [-0.4, -0.2) is 10.8 Å². The summed E-state index contributed by atoms with van der Waals surface area (Å²) < 4.78 is 0. The Kier molecular flexibility index (Phi) is 4.23. The lowest BCUT2D eigenvalue weighted by molar-refractivity contribution is 1.13. The van der Waals surface area contributed by atoms with Crippen LogP contribution >= 0.6 is 23.4 Å². The third-order valence-corrected chi connectivity index (χ3v) is 3.83. The van der Waals surface area contributed by atoms with Crippen molar-refractivity contribution in [1.82, 2.24) is 4.98 Å². The van der Waals surface area contributed by atoms with Gasteiger partial charge in [0.2, 0.25) is 0 Å². The van der Waals surface area contributed by atoms with Gasteiger partial charge < -0.3 is 5.73 Å². The molecule has 2 rings (SSSR count). The number of nitrogens with one attached hydrogen (secondary N) is 1. The van der Waals surface area contributed by atoms with Gasteiger partial charge in [0.15, 0.2) is 0 Å². The van der Waals surface area contributed by atoms with Crippen LogP contribution in [0, 0.1) is 5.41 Å². The molecular weight excluding hydrogens is 266 g/mol. The molecule has 0 fully saturated rings. The van der Waals surface area contributed by atoms with Crippen LogP contribution in [0.4, 0.5) is 0 Å². The maximum atomic E-state index is 7.40. The van der Waals surface area contributed by atoms with Crippen molar-refractivity contribution in [3.63, 3.8) is 0 Å². The average molecular weight is 278 g/mol. The lowest BCUT2D eigenvalue weighted by atomic mass is 10.1. The fourth-order valence-corrected chi connectivity index (χ4v) is 2.57. The van der Waals surface area contributed by atoms with E-state index in [1.165, 1.54) is 0 Å². The van der Waals surface area contributed by atoms with Crippen molar-refractivity contribution in [3.05, 3.63) is 58.7 Å². The van der Waals surface area contributed by atoms with Crippen LogP contribution in [0.3, 0.4) is 0 Å². The summed E-state index contributed by atoms with van der Waals surface area (Å²) in [6, 6.07) is 11.3. The molecule has 0 amide bonds. The number of nitrogens with zero attached hydrogens (tertiary/aromatic N) is 1. The number of nitrogen functional groups attached to an aromatic ring is 1. The van der Waals surface area contributed by atoms with Gasteiger partial charge in [0, 0.05) is 17.5 Å². The highest BCUT2D eigenvalue weighted by molar-refractivity contribution is 7.98. The number of hydrogen-bond acceptors (Lipinski definition) is 3. The highest BCUT2D eigenvalue weighted by Gasteiger charge is 2.03. The second-order valence-electron chi connectivity index (χ2n) is 3.69. The summed E-state index contributed by atoms with van der Waals surface area (Å²) >= 11 is 7.60. The first-order valence-electron chi connectivity index (χ1n) is 5.33. The van der Waals surface area contributed by atoms with Crippen molar-refractivity contribution >= 4 is 29.2 Å². The Morgan fingerprint density at radius 1 is 1.33 bits per heavy atom. The van der Waals surface area contributed by atoms with E-state index < -0.39 is 0 Å². The van der Waals surface area contributed by atoms with Crippen molar-refractivity contribution in [2.75, 3.05) is 0 Å². The van der Waals surface area contributed by atoms with Crippen LogP contribution in [0.15, 0.2) is 47.6 Å². The zero-order valence-electron chi connectivity index (χ0n) is 9.56. The van der Waals surface area contributed by atoms with Crippen molar-refractivity contribution in [2.45, 2.75) is 10.8 Å². The normalized spacial score (nSPS) is 10.3. The van der Waals surface area contributed by atoms with Gasteiger partial charge in [0.1, 0.15) is 10.9 Å². The van der Waals surface area contributed by atoms with Crippen LogP contribution in [0.2, 0.25) is 5.02 Å². The Balaban J connectivity index is 2.09. The van der Waals surface area contributed by atoms with Crippen LogP contribution in [0.5, 0.6) is 0 Å². The van der Waals surface area contributed by atoms with E-state index >= 15 is 0 Å². The maximum Gasteiger partial charge on any atom is 0.122 e. The first kappa shape index (κ1) is 12.9. The fraction of sp³-hybridized carbons (Fsp3) is 0.0769. The van der Waals surface area contributed by atoms with Gasteiger partial charge in [-0.15, -0.1) is 11.8 Å². The molecule has 0 atom stereocenters. The van der Waals surface area contributed by atoms with Gasteiger partial charge in [-0.3, -0.25) is 5.41 Å². The molecule has 0 saturated heterocycles. The summed E-state index contributed by atoms with van der Waals surface area (Å²) in [5.41, 5.74) is 7.29. The van der Waals surface area contributed by atoms with Crippen LogP contribution < -0.4 is 5.73 Å². The van der Waals surface area contributed by atoms with Gasteiger partial charge in [-0.2, -0.15) is 0 Å². The molecule has 3 nitrogen and oxygen atoms in total. The fourth-order valence-electron chi connectivity index (χ4n) is 1.46. The standard InChI is InChI=1S/C13H12ClN3S/c14-11-5-2-6-17-13(11)18-8-9-3-1-4-10(7-9)12(15)16/h1-7H,8H2,(H3,15,16). The number of hydrogen-bond donors (Lipinski definition) is 2. The summed E-state index contributed by atoms with van der Waals surface area (Å²) in [4.78, 5) is 4.21. The second-order valence-corrected chi connectivity index (χ2v) is 5.06. The molecule has 1 aromatic carbocycles. The predicted octanol–water partition coefficient (Wildman–Crippen LogP) is 3.31. The lowest BCUT2D eigenvalue weighted by Crippen LogP contribution is -2.10. The van der Waals surface area contributed by atoms with Gasteiger partial charge in [0.25, 0.3) is 0 Å². The Labute approximate surface area is 115 Å². The Hall–Kier alpha value is -1.52. The summed E-state index contributed by atoms with van der Waals surface area (Å²) in [5.74, 6) is 0.829. The van der Waals surface area contributed by atoms with E-state index in [1.54, 1.807) is 18.0 Å². The van der Waals surface area contributed by atoms with Crippen molar-refractivity contribution < 1.29 is 0 Å². The highest BCUT2D eigenvalue weighted by Crippen LogP contribution is 2.27. The first-order chi connectivity index (χ1) is 8.66. The van der Waals surface area contributed by atoms with E-state index in [1.807, 2.05) is 36.4 Å². The number of amidine groups is 1. The second kappa shape index (κ2) is 5.89. The lowest BCUT2D eigenvalue weighted by Gasteiger charge is -2.05. The van der Waals surface area contributed by atoms with Crippen molar-refractivity contribution in [3.8, 4) is 0 Å². The average Bonchev–Trinajstić information content (AvgIpc) is 2.38. The highest BCUT2D eigenvalue weighted by atomic mass is 35.5. The minimum atomic E-state index is 0.0812. The number of rotatable bonds is 4. The zero-order chi connectivity index (χ0) is 13.0. The van der Waals surface area contributed by atoms with Crippen molar-refractivity contribution in [1.29, 1.82) is 5.41 Å². The Morgan fingerprint density at radius 3 is 2.89 bits per heavy atom. The first-order valence-corrected chi connectivity index (χ1v) is 6.70. The van der Waals surface area contributed by atoms with Gasteiger partial charge in [-0.05, 0) is 23.8 Å². The van der Waals surface area contributed by atoms with Gasteiger partial charge in [0.05, 0.1) is 5.02 Å². The molecule has 92 valence electrons. The molecule has 0 bridgehead atoms. The van der Waals surface area contributed by atoms with Crippen LogP contribution in [-0.2, 0) is 5.75 Å². The molecule has 0 aliphatic carbocycles. The number of pyridine rings is 1. The molecule has 0 saturated carbocycles. The third-order valence-electron chi connectivity index (χ3n) is 2.34. The van der Waals surface area contributed by atoms with E-state index in [2.05, 4.69) is 4.98 Å². The monoisotopic (exact) mass is 277 g/mol. The molecule has 1 heterocycles. The third kappa shape index (κ3) is 3.24. The molecule has 0 spiro atoms. The molecular formula is C13H12ClN3S. The molecule has 2 aromatic rings. The minimum absolute atomic E-state index is 0.0812. The molecule has 1 aromatic heterocycles. The molecule has 0 aliphatic rings. The summed E-state index contributed by atoms with van der Waals surface area (Å²) in [6.07, 6.45) is 1.72. The summed E-state index contributed by atoms with van der Waals surface area (Å²) in [6.45, 7) is 0. The maximum absolute atomic E-state index is 7.40. The molecule has 3 N–H and O–H groups in total. The number of halogens is 1. The number of benzene rings is 1. The van der Waals surface area contributed by atoms with E-state index in [0.29, 0.717) is 5.02 Å². The van der Waals surface area contributed by atoms with Crippen molar-refractivity contribution in [2.24, 2.45) is 5.73 Å². The molecule has 0 unspecified atom stereocenters. The van der Waals surface area contributed by atoms with Crippen LogP contribution in [0.1, 0.15) is 11.1 Å². The topological polar surface area (TPSA) is 62.8 Å². The largest absolute Gasteiger partial charge is 0.384 e. The number of nitrogens with two attached hydrogens (primary N) is 1. The minimum Gasteiger partial charge on any atom is -0.384 e. The Bertz CT molecular complexity index is 572. The smallest absolute Gasteiger partial charge is 0.122 e. The van der Waals surface area contributed by atoms with Crippen LogP contribution in [0.25, 0.3) is 0 Å². The molecule has 0 aliphatic heterocycles. The van der Waals surface area contributed by atoms with Gasteiger partial charge in [-0.1, -0.05) is 29.8 Å².